The molecule has 1 aromatic heterocycles. The number of benzene rings is 6. The van der Waals surface area contributed by atoms with Crippen molar-refractivity contribution in [1.82, 2.24) is 0 Å². The van der Waals surface area contributed by atoms with E-state index >= 15 is 0 Å². The minimum Gasteiger partial charge on any atom is -0.456 e. The van der Waals surface area contributed by atoms with Gasteiger partial charge in [0.05, 0.1) is 0 Å². The summed E-state index contributed by atoms with van der Waals surface area (Å²) < 4.78 is 6.22. The van der Waals surface area contributed by atoms with E-state index in [1.807, 2.05) is 12.1 Å². The summed E-state index contributed by atoms with van der Waals surface area (Å²) in [5, 5.41) is 4.68. The number of fused-ring (bicyclic) bond motifs is 7. The van der Waals surface area contributed by atoms with Crippen molar-refractivity contribution in [2.45, 2.75) is 19.3 Å². The fourth-order valence-electron chi connectivity index (χ4n) is 6.47. The van der Waals surface area contributed by atoms with Crippen LogP contribution in [0.25, 0.3) is 43.8 Å². The van der Waals surface area contributed by atoms with Crippen molar-refractivity contribution in [3.63, 3.8) is 0 Å². The van der Waals surface area contributed by atoms with Crippen LogP contribution in [0, 0.1) is 0 Å². The number of para-hydroxylation sites is 2. The van der Waals surface area contributed by atoms with Crippen LogP contribution in [-0.4, -0.2) is 0 Å². The lowest BCUT2D eigenvalue weighted by Crippen LogP contribution is -2.15. The van der Waals surface area contributed by atoms with Crippen molar-refractivity contribution in [3.05, 3.63) is 139 Å². The van der Waals surface area contributed by atoms with Crippen LogP contribution in [0.2, 0.25) is 0 Å². The first kappa shape index (κ1) is 22.2. The highest BCUT2D eigenvalue weighted by atomic mass is 16.3. The van der Waals surface area contributed by atoms with Gasteiger partial charge in [0.25, 0.3) is 0 Å². The molecule has 6 aromatic carbocycles. The zero-order valence-electron chi connectivity index (χ0n) is 22.0. The third-order valence-corrected chi connectivity index (χ3v) is 8.42. The average Bonchev–Trinajstić information content (AvgIpc) is 3.44. The van der Waals surface area contributed by atoms with Gasteiger partial charge in [-0.05, 0) is 87.6 Å². The normalized spacial score (nSPS) is 13.6. The summed E-state index contributed by atoms with van der Waals surface area (Å²) in [5.74, 6) is 0. The molecule has 0 aliphatic heterocycles. The highest BCUT2D eigenvalue weighted by molar-refractivity contribution is 6.10. The molecule has 0 bridgehead atoms. The Bertz CT molecular complexity index is 2050. The van der Waals surface area contributed by atoms with E-state index in [4.69, 9.17) is 4.42 Å². The smallest absolute Gasteiger partial charge is 0.136 e. The number of hydrogen-bond acceptors (Lipinski definition) is 2. The highest BCUT2D eigenvalue weighted by Crippen LogP contribution is 2.50. The van der Waals surface area contributed by atoms with E-state index < -0.39 is 0 Å². The number of rotatable bonds is 3. The van der Waals surface area contributed by atoms with Gasteiger partial charge in [-0.15, -0.1) is 0 Å². The van der Waals surface area contributed by atoms with Crippen LogP contribution >= 0.6 is 0 Å². The molecule has 186 valence electrons. The Balaban J connectivity index is 1.32. The Labute approximate surface area is 227 Å². The second kappa shape index (κ2) is 8.09. The van der Waals surface area contributed by atoms with Crippen LogP contribution in [0.1, 0.15) is 25.0 Å². The van der Waals surface area contributed by atoms with Crippen molar-refractivity contribution < 1.29 is 4.42 Å². The van der Waals surface area contributed by atoms with Crippen LogP contribution in [0.15, 0.2) is 132 Å². The largest absolute Gasteiger partial charge is 0.456 e. The van der Waals surface area contributed by atoms with Crippen molar-refractivity contribution in [3.8, 4) is 11.1 Å². The molecule has 2 nitrogen and oxygen atoms in total. The molecule has 1 aliphatic rings. The third-order valence-electron chi connectivity index (χ3n) is 8.42. The summed E-state index contributed by atoms with van der Waals surface area (Å²) in [6.07, 6.45) is 0. The molecular formula is C37H27NO. The van der Waals surface area contributed by atoms with Crippen LogP contribution in [0.5, 0.6) is 0 Å². The topological polar surface area (TPSA) is 16.4 Å². The van der Waals surface area contributed by atoms with Crippen LogP contribution in [-0.2, 0) is 5.41 Å². The van der Waals surface area contributed by atoms with Gasteiger partial charge in [-0.1, -0.05) is 86.6 Å². The Morgan fingerprint density at radius 3 is 2.10 bits per heavy atom. The van der Waals surface area contributed by atoms with Crippen molar-refractivity contribution in [2.24, 2.45) is 0 Å². The number of hydrogen-bond donors (Lipinski definition) is 0. The number of furan rings is 1. The lowest BCUT2D eigenvalue weighted by atomic mass is 9.82. The van der Waals surface area contributed by atoms with Gasteiger partial charge in [0, 0.05) is 33.2 Å². The molecule has 2 heteroatoms. The Morgan fingerprint density at radius 2 is 1.21 bits per heavy atom. The summed E-state index contributed by atoms with van der Waals surface area (Å²) in [5.41, 5.74) is 10.7. The molecule has 0 radical (unpaired) electrons. The summed E-state index contributed by atoms with van der Waals surface area (Å²) in [6, 6.07) is 45.8. The van der Waals surface area contributed by atoms with Gasteiger partial charge < -0.3 is 9.32 Å². The molecule has 39 heavy (non-hydrogen) atoms. The molecule has 0 unspecified atom stereocenters. The van der Waals surface area contributed by atoms with Crippen molar-refractivity contribution >= 4 is 49.8 Å². The lowest BCUT2D eigenvalue weighted by Gasteiger charge is -2.27. The molecule has 0 saturated carbocycles. The first-order valence-corrected chi connectivity index (χ1v) is 13.5. The predicted octanol–water partition coefficient (Wildman–Crippen LogP) is 10.5. The minimum atomic E-state index is -0.0110. The number of nitrogens with zero attached hydrogens (tertiary/aromatic N) is 1. The molecule has 7 aromatic rings. The van der Waals surface area contributed by atoms with E-state index in [1.165, 1.54) is 27.6 Å². The molecule has 0 N–H and O–H groups in total. The fraction of sp³-hybridized carbons (Fsp3) is 0.0811. The molecule has 0 spiro atoms. The maximum absolute atomic E-state index is 6.22. The zero-order valence-corrected chi connectivity index (χ0v) is 22.0. The molecule has 0 saturated heterocycles. The quantitative estimate of drug-likeness (QED) is 0.239. The summed E-state index contributed by atoms with van der Waals surface area (Å²) in [6.45, 7) is 4.66. The molecule has 8 rings (SSSR count). The zero-order chi connectivity index (χ0) is 26.1. The second-order valence-electron chi connectivity index (χ2n) is 11.0. The summed E-state index contributed by atoms with van der Waals surface area (Å²) >= 11 is 0. The van der Waals surface area contributed by atoms with Gasteiger partial charge in [-0.25, -0.2) is 0 Å². The maximum atomic E-state index is 6.22. The van der Waals surface area contributed by atoms with Gasteiger partial charge in [0.1, 0.15) is 11.2 Å². The van der Waals surface area contributed by atoms with E-state index in [1.54, 1.807) is 0 Å². The first-order chi connectivity index (χ1) is 19.1. The van der Waals surface area contributed by atoms with Gasteiger partial charge in [0.15, 0.2) is 0 Å². The molecule has 0 fully saturated rings. The summed E-state index contributed by atoms with van der Waals surface area (Å²) in [7, 11) is 0. The van der Waals surface area contributed by atoms with Gasteiger partial charge in [-0.2, -0.15) is 0 Å². The van der Waals surface area contributed by atoms with Crippen molar-refractivity contribution in [1.29, 1.82) is 0 Å². The van der Waals surface area contributed by atoms with Gasteiger partial charge in [0.2, 0.25) is 0 Å². The standard InChI is InChI=1S/C37H27NO/c1-37(2)33-14-8-6-12-29(33)31-23-28(18-19-34(31)37)38(26-10-4-3-5-11-26)27-17-16-24-21-32-30-13-7-9-15-35(30)39-36(32)22-25(24)20-27/h3-23H,1-2H3. The Hall–Kier alpha value is -4.82. The van der Waals surface area contributed by atoms with Gasteiger partial charge in [-0.3, -0.25) is 0 Å². The van der Waals surface area contributed by atoms with E-state index in [9.17, 15) is 0 Å². The summed E-state index contributed by atoms with van der Waals surface area (Å²) in [4.78, 5) is 2.36. The van der Waals surface area contributed by atoms with Crippen LogP contribution in [0.3, 0.4) is 0 Å². The van der Waals surface area contributed by atoms with E-state index in [2.05, 4.69) is 134 Å². The second-order valence-corrected chi connectivity index (χ2v) is 11.0. The third kappa shape index (κ3) is 3.28. The van der Waals surface area contributed by atoms with Crippen LogP contribution in [0.4, 0.5) is 17.1 Å². The number of anilines is 3. The van der Waals surface area contributed by atoms with E-state index in [0.29, 0.717) is 0 Å². The first-order valence-electron chi connectivity index (χ1n) is 13.5. The SMILES string of the molecule is CC1(C)c2ccccc2-c2cc(N(c3ccccc3)c3ccc4cc5c(cc4c3)oc3ccccc35)ccc21. The monoisotopic (exact) mass is 501 g/mol. The maximum Gasteiger partial charge on any atom is 0.136 e. The molecular weight excluding hydrogens is 474 g/mol. The van der Waals surface area contributed by atoms with Crippen molar-refractivity contribution in [2.75, 3.05) is 4.90 Å². The molecule has 1 heterocycles. The average molecular weight is 502 g/mol. The lowest BCUT2D eigenvalue weighted by molar-refractivity contribution is 0.660. The highest BCUT2D eigenvalue weighted by Gasteiger charge is 2.35. The molecule has 0 atom stereocenters. The fourth-order valence-corrected chi connectivity index (χ4v) is 6.47. The molecule has 1 aliphatic carbocycles. The van der Waals surface area contributed by atoms with Gasteiger partial charge >= 0.3 is 0 Å². The predicted molar refractivity (Wildman–Crippen MR) is 163 cm³/mol. The van der Waals surface area contributed by atoms with E-state index in [-0.39, 0.29) is 5.41 Å². The van der Waals surface area contributed by atoms with Crippen LogP contribution < -0.4 is 4.90 Å². The Morgan fingerprint density at radius 1 is 0.487 bits per heavy atom. The van der Waals surface area contributed by atoms with E-state index in [0.717, 1.165) is 44.4 Å². The molecule has 0 amide bonds. The Kier molecular flexibility index (Phi) is 4.60. The minimum absolute atomic E-state index is 0.0110.